The Hall–Kier alpha value is -1.22. The lowest BCUT2D eigenvalue weighted by molar-refractivity contribution is 0.245. The van der Waals surface area contributed by atoms with Crippen molar-refractivity contribution in [2.45, 2.75) is 39.7 Å². The van der Waals surface area contributed by atoms with Gasteiger partial charge in [0.2, 0.25) is 0 Å². The van der Waals surface area contributed by atoms with Crippen molar-refractivity contribution in [3.05, 3.63) is 23.8 Å². The minimum Gasteiger partial charge on any atom is -0.490 e. The maximum atomic E-state index is 9.28. The lowest BCUT2D eigenvalue weighted by Crippen LogP contribution is -2.03. The molecule has 0 aromatic heterocycles. The normalized spacial score (nSPS) is 10.3. The van der Waals surface area contributed by atoms with Gasteiger partial charge in [-0.3, -0.25) is 0 Å². The third-order valence-corrected chi connectivity index (χ3v) is 2.52. The van der Waals surface area contributed by atoms with E-state index in [0.29, 0.717) is 19.0 Å². The fraction of sp³-hybridized carbons (Fsp3) is 0.571. The zero-order valence-electron chi connectivity index (χ0n) is 10.7. The van der Waals surface area contributed by atoms with Crippen molar-refractivity contribution in [2.75, 3.05) is 13.2 Å². The smallest absolute Gasteiger partial charge is 0.166 e. The molecule has 1 N–H and O–H groups in total. The van der Waals surface area contributed by atoms with Crippen LogP contribution in [0, 0.1) is 0 Å². The molecule has 1 aromatic carbocycles. The number of rotatable bonds is 8. The lowest BCUT2D eigenvalue weighted by Gasteiger charge is -2.14. The first kappa shape index (κ1) is 13.8. The summed E-state index contributed by atoms with van der Waals surface area (Å²) < 4.78 is 11.2. The van der Waals surface area contributed by atoms with Crippen LogP contribution in [0.2, 0.25) is 0 Å². The molecule has 0 heterocycles. The summed E-state index contributed by atoms with van der Waals surface area (Å²) in [7, 11) is 0. The largest absolute Gasteiger partial charge is 0.490 e. The third-order valence-electron chi connectivity index (χ3n) is 2.52. The highest BCUT2D eigenvalue weighted by atomic mass is 16.5. The van der Waals surface area contributed by atoms with Crippen molar-refractivity contribution in [1.82, 2.24) is 0 Å². The Morgan fingerprint density at radius 3 is 2.59 bits per heavy atom. The molecule has 0 fully saturated rings. The van der Waals surface area contributed by atoms with Crippen molar-refractivity contribution < 1.29 is 14.6 Å². The van der Waals surface area contributed by atoms with E-state index in [-0.39, 0.29) is 6.61 Å². The van der Waals surface area contributed by atoms with Crippen LogP contribution in [0.5, 0.6) is 11.5 Å². The van der Waals surface area contributed by atoms with Gasteiger partial charge >= 0.3 is 0 Å². The van der Waals surface area contributed by atoms with Crippen molar-refractivity contribution >= 4 is 0 Å². The van der Waals surface area contributed by atoms with Crippen LogP contribution in [0.1, 0.15) is 38.7 Å². The van der Waals surface area contributed by atoms with Gasteiger partial charge in [-0.2, -0.15) is 0 Å². The summed E-state index contributed by atoms with van der Waals surface area (Å²) in [6, 6.07) is 5.60. The van der Waals surface area contributed by atoms with Crippen molar-refractivity contribution in [3.63, 3.8) is 0 Å². The van der Waals surface area contributed by atoms with Gasteiger partial charge in [0.25, 0.3) is 0 Å². The number of para-hydroxylation sites is 1. The van der Waals surface area contributed by atoms with E-state index >= 15 is 0 Å². The Balaban J connectivity index is 2.70. The van der Waals surface area contributed by atoms with Gasteiger partial charge in [0.15, 0.2) is 11.5 Å². The number of aliphatic hydroxyl groups excluding tert-OH is 1. The van der Waals surface area contributed by atoms with Gasteiger partial charge in [-0.25, -0.2) is 0 Å². The van der Waals surface area contributed by atoms with Crippen LogP contribution in [0.25, 0.3) is 0 Å². The van der Waals surface area contributed by atoms with Crippen LogP contribution in [-0.4, -0.2) is 18.3 Å². The number of benzene rings is 1. The van der Waals surface area contributed by atoms with E-state index in [1.54, 1.807) is 0 Å². The quantitative estimate of drug-likeness (QED) is 0.707. The number of unbranched alkanes of at least 4 members (excludes halogenated alkanes) is 2. The van der Waals surface area contributed by atoms with Gasteiger partial charge in [0.1, 0.15) is 0 Å². The average Bonchev–Trinajstić information content (AvgIpc) is 2.36. The van der Waals surface area contributed by atoms with Crippen molar-refractivity contribution in [1.29, 1.82) is 0 Å². The Labute approximate surface area is 103 Å². The maximum Gasteiger partial charge on any atom is 0.166 e. The molecule has 3 nitrogen and oxygen atoms in total. The van der Waals surface area contributed by atoms with Crippen LogP contribution in [0.4, 0.5) is 0 Å². The highest BCUT2D eigenvalue weighted by Crippen LogP contribution is 2.31. The Bertz CT molecular complexity index is 323. The molecule has 0 unspecified atom stereocenters. The van der Waals surface area contributed by atoms with Gasteiger partial charge in [-0.1, -0.05) is 31.9 Å². The van der Waals surface area contributed by atoms with Gasteiger partial charge in [-0.05, 0) is 19.4 Å². The molecule has 0 saturated heterocycles. The predicted molar refractivity (Wildman–Crippen MR) is 68.6 cm³/mol. The van der Waals surface area contributed by atoms with Crippen LogP contribution < -0.4 is 9.47 Å². The van der Waals surface area contributed by atoms with E-state index in [1.165, 1.54) is 6.42 Å². The summed E-state index contributed by atoms with van der Waals surface area (Å²) in [6.45, 7) is 5.34. The first-order valence-corrected chi connectivity index (χ1v) is 6.31. The first-order valence-electron chi connectivity index (χ1n) is 6.31. The molecule has 17 heavy (non-hydrogen) atoms. The SMILES string of the molecule is CCCCCOc1c(CO)cccc1OCC. The summed E-state index contributed by atoms with van der Waals surface area (Å²) in [5, 5.41) is 9.28. The molecule has 0 aliphatic rings. The van der Waals surface area contributed by atoms with Gasteiger partial charge in [-0.15, -0.1) is 0 Å². The van der Waals surface area contributed by atoms with Gasteiger partial charge in [0.05, 0.1) is 19.8 Å². The van der Waals surface area contributed by atoms with E-state index in [2.05, 4.69) is 6.92 Å². The fourth-order valence-corrected chi connectivity index (χ4v) is 1.65. The van der Waals surface area contributed by atoms with Gasteiger partial charge < -0.3 is 14.6 Å². The van der Waals surface area contributed by atoms with Gasteiger partial charge in [0, 0.05) is 5.56 Å². The zero-order valence-corrected chi connectivity index (χ0v) is 10.7. The molecule has 0 aliphatic heterocycles. The molecule has 0 bridgehead atoms. The van der Waals surface area contributed by atoms with E-state index in [4.69, 9.17) is 9.47 Å². The number of ether oxygens (including phenoxy) is 2. The molecule has 96 valence electrons. The standard InChI is InChI=1S/C14H22O3/c1-3-5-6-10-17-14-12(11-15)8-7-9-13(14)16-4-2/h7-9,15H,3-6,10-11H2,1-2H3. The zero-order chi connectivity index (χ0) is 12.5. The molecule has 0 radical (unpaired) electrons. The van der Waals surface area contributed by atoms with Crippen LogP contribution >= 0.6 is 0 Å². The number of aliphatic hydroxyl groups is 1. The third kappa shape index (κ3) is 4.27. The van der Waals surface area contributed by atoms with Crippen molar-refractivity contribution in [2.24, 2.45) is 0 Å². The van der Waals surface area contributed by atoms with Crippen LogP contribution in [0.3, 0.4) is 0 Å². The number of hydrogen-bond donors (Lipinski definition) is 1. The molecule has 1 rings (SSSR count). The predicted octanol–water partition coefficient (Wildman–Crippen LogP) is 3.15. The summed E-state index contributed by atoms with van der Waals surface area (Å²) in [6.07, 6.45) is 3.36. The topological polar surface area (TPSA) is 38.7 Å². The lowest BCUT2D eigenvalue weighted by atomic mass is 10.2. The second kappa shape index (κ2) is 7.96. The Kier molecular flexibility index (Phi) is 6.48. The second-order valence-corrected chi connectivity index (χ2v) is 3.89. The Morgan fingerprint density at radius 1 is 1.12 bits per heavy atom. The minimum absolute atomic E-state index is 0.0238. The van der Waals surface area contributed by atoms with Crippen LogP contribution in [0.15, 0.2) is 18.2 Å². The molecule has 0 aliphatic carbocycles. The molecular weight excluding hydrogens is 216 g/mol. The second-order valence-electron chi connectivity index (χ2n) is 3.89. The molecule has 0 spiro atoms. The molecule has 0 saturated carbocycles. The van der Waals surface area contributed by atoms with E-state index in [9.17, 15) is 5.11 Å². The van der Waals surface area contributed by atoms with Crippen LogP contribution in [-0.2, 0) is 6.61 Å². The summed E-state index contributed by atoms with van der Waals surface area (Å²) >= 11 is 0. The fourth-order valence-electron chi connectivity index (χ4n) is 1.65. The summed E-state index contributed by atoms with van der Waals surface area (Å²) in [4.78, 5) is 0. The summed E-state index contributed by atoms with van der Waals surface area (Å²) in [5.74, 6) is 1.41. The summed E-state index contributed by atoms with van der Waals surface area (Å²) in [5.41, 5.74) is 0.785. The average molecular weight is 238 g/mol. The van der Waals surface area contributed by atoms with E-state index in [0.717, 1.165) is 24.2 Å². The van der Waals surface area contributed by atoms with E-state index < -0.39 is 0 Å². The number of hydrogen-bond acceptors (Lipinski definition) is 3. The molecular formula is C14H22O3. The molecule has 1 aromatic rings. The van der Waals surface area contributed by atoms with Crippen molar-refractivity contribution in [3.8, 4) is 11.5 Å². The van der Waals surface area contributed by atoms with E-state index in [1.807, 2.05) is 25.1 Å². The monoisotopic (exact) mass is 238 g/mol. The maximum absolute atomic E-state index is 9.28. The Morgan fingerprint density at radius 2 is 1.94 bits per heavy atom. The molecule has 3 heteroatoms. The minimum atomic E-state index is -0.0238. The molecule has 0 amide bonds. The highest BCUT2D eigenvalue weighted by molar-refractivity contribution is 5.46. The molecule has 0 atom stereocenters. The highest BCUT2D eigenvalue weighted by Gasteiger charge is 2.09. The first-order chi connectivity index (χ1) is 8.33.